The van der Waals surface area contributed by atoms with Gasteiger partial charge in [0.25, 0.3) is 0 Å². The molecule has 1 aromatic carbocycles. The Labute approximate surface area is 179 Å². The topological polar surface area (TPSA) is 80.2 Å². The maximum atomic E-state index is 14.4. The number of hydrogen-bond donors (Lipinski definition) is 1. The number of ether oxygens (including phenoxy) is 1. The SMILES string of the molecule is COc1ccc(C(=O)C2CCN(c3nc4cnccc4nc3NC3CC3)CC2)c(F)c1. The number of piperidine rings is 1. The molecule has 160 valence electrons. The number of pyridine rings is 1. The summed E-state index contributed by atoms with van der Waals surface area (Å²) in [6, 6.07) is 6.71. The van der Waals surface area contributed by atoms with Gasteiger partial charge in [0.15, 0.2) is 17.4 Å². The van der Waals surface area contributed by atoms with Crippen LogP contribution in [0.5, 0.6) is 5.75 Å². The van der Waals surface area contributed by atoms with E-state index in [2.05, 4.69) is 15.2 Å². The third-order valence-electron chi connectivity index (χ3n) is 5.97. The number of carbonyl (C=O) groups excluding carboxylic acids is 1. The molecule has 31 heavy (non-hydrogen) atoms. The lowest BCUT2D eigenvalue weighted by molar-refractivity contribution is 0.0896. The lowest BCUT2D eigenvalue weighted by atomic mass is 9.88. The quantitative estimate of drug-likeness (QED) is 0.606. The van der Waals surface area contributed by atoms with Gasteiger partial charge in [-0.1, -0.05) is 0 Å². The van der Waals surface area contributed by atoms with E-state index in [4.69, 9.17) is 14.7 Å². The number of rotatable bonds is 6. The zero-order chi connectivity index (χ0) is 21.4. The summed E-state index contributed by atoms with van der Waals surface area (Å²) in [5.41, 5.74) is 1.69. The average molecular weight is 421 g/mol. The number of hydrogen-bond acceptors (Lipinski definition) is 7. The molecular weight excluding hydrogens is 397 g/mol. The van der Waals surface area contributed by atoms with E-state index in [-0.39, 0.29) is 17.3 Å². The Kier molecular flexibility index (Phi) is 5.13. The van der Waals surface area contributed by atoms with Gasteiger partial charge in [-0.05, 0) is 43.9 Å². The zero-order valence-electron chi connectivity index (χ0n) is 17.3. The summed E-state index contributed by atoms with van der Waals surface area (Å²) in [5.74, 6) is 1.10. The van der Waals surface area contributed by atoms with Crippen molar-refractivity contribution in [3.8, 4) is 5.75 Å². The molecule has 2 aromatic heterocycles. The van der Waals surface area contributed by atoms with E-state index >= 15 is 0 Å². The van der Waals surface area contributed by atoms with Crippen molar-refractivity contribution in [3.63, 3.8) is 0 Å². The number of nitrogens with one attached hydrogen (secondary N) is 1. The molecule has 0 bridgehead atoms. The molecule has 5 rings (SSSR count). The lowest BCUT2D eigenvalue weighted by Crippen LogP contribution is -2.37. The Morgan fingerprint density at radius 3 is 2.65 bits per heavy atom. The second-order valence-corrected chi connectivity index (χ2v) is 8.15. The van der Waals surface area contributed by atoms with E-state index in [9.17, 15) is 9.18 Å². The number of Topliss-reactive ketones (excluding diaryl/α,β-unsaturated/α-hetero) is 1. The Balaban J connectivity index is 1.34. The smallest absolute Gasteiger partial charge is 0.172 e. The summed E-state index contributed by atoms with van der Waals surface area (Å²) >= 11 is 0. The van der Waals surface area contributed by atoms with Crippen molar-refractivity contribution in [2.24, 2.45) is 5.92 Å². The number of methoxy groups -OCH3 is 1. The summed E-state index contributed by atoms with van der Waals surface area (Å²) in [5, 5.41) is 3.49. The minimum atomic E-state index is -0.532. The molecule has 1 saturated heterocycles. The van der Waals surface area contributed by atoms with Crippen LogP contribution >= 0.6 is 0 Å². The van der Waals surface area contributed by atoms with Crippen LogP contribution in [0.15, 0.2) is 36.7 Å². The monoisotopic (exact) mass is 421 g/mol. The molecule has 3 aromatic rings. The first-order valence-electron chi connectivity index (χ1n) is 10.6. The van der Waals surface area contributed by atoms with Crippen LogP contribution in [-0.2, 0) is 0 Å². The van der Waals surface area contributed by atoms with Crippen molar-refractivity contribution < 1.29 is 13.9 Å². The normalized spacial score (nSPS) is 17.0. The number of carbonyl (C=O) groups is 1. The Morgan fingerprint density at radius 1 is 1.13 bits per heavy atom. The predicted molar refractivity (Wildman–Crippen MR) is 116 cm³/mol. The number of fused-ring (bicyclic) bond motifs is 1. The third kappa shape index (κ3) is 4.02. The van der Waals surface area contributed by atoms with E-state index in [1.807, 2.05) is 6.07 Å². The van der Waals surface area contributed by atoms with Gasteiger partial charge in [-0.15, -0.1) is 0 Å². The number of halogens is 1. The van der Waals surface area contributed by atoms with Gasteiger partial charge in [-0.2, -0.15) is 0 Å². The first-order valence-corrected chi connectivity index (χ1v) is 10.6. The molecule has 7 nitrogen and oxygen atoms in total. The highest BCUT2D eigenvalue weighted by Gasteiger charge is 2.30. The van der Waals surface area contributed by atoms with Crippen LogP contribution in [0, 0.1) is 11.7 Å². The van der Waals surface area contributed by atoms with Gasteiger partial charge >= 0.3 is 0 Å². The molecule has 1 N–H and O–H groups in total. The van der Waals surface area contributed by atoms with Gasteiger partial charge in [0.1, 0.15) is 17.1 Å². The predicted octanol–water partition coefficient (Wildman–Crippen LogP) is 3.85. The van der Waals surface area contributed by atoms with Crippen molar-refractivity contribution in [1.29, 1.82) is 0 Å². The summed E-state index contributed by atoms with van der Waals surface area (Å²) in [4.78, 5) is 28.8. The molecule has 2 fully saturated rings. The molecule has 1 aliphatic carbocycles. The van der Waals surface area contributed by atoms with Crippen LogP contribution in [0.25, 0.3) is 11.0 Å². The fourth-order valence-corrected chi connectivity index (χ4v) is 4.03. The second-order valence-electron chi connectivity index (χ2n) is 8.15. The van der Waals surface area contributed by atoms with Gasteiger partial charge in [0.2, 0.25) is 0 Å². The van der Waals surface area contributed by atoms with Crippen molar-refractivity contribution >= 4 is 28.5 Å². The number of benzene rings is 1. The zero-order valence-corrected chi connectivity index (χ0v) is 17.3. The van der Waals surface area contributed by atoms with Crippen LogP contribution in [0.2, 0.25) is 0 Å². The van der Waals surface area contributed by atoms with Crippen molar-refractivity contribution in [1.82, 2.24) is 15.0 Å². The highest BCUT2D eigenvalue weighted by Crippen LogP contribution is 2.33. The third-order valence-corrected chi connectivity index (χ3v) is 5.97. The summed E-state index contributed by atoms with van der Waals surface area (Å²) in [6.07, 6.45) is 6.99. The van der Waals surface area contributed by atoms with E-state index < -0.39 is 5.82 Å². The second kappa shape index (κ2) is 8.09. The highest BCUT2D eigenvalue weighted by molar-refractivity contribution is 5.98. The van der Waals surface area contributed by atoms with Gasteiger partial charge in [-0.25, -0.2) is 14.4 Å². The van der Waals surface area contributed by atoms with Gasteiger partial charge < -0.3 is 15.0 Å². The molecule has 1 aliphatic heterocycles. The first kappa shape index (κ1) is 19.7. The average Bonchev–Trinajstić information content (AvgIpc) is 3.62. The fourth-order valence-electron chi connectivity index (χ4n) is 4.03. The van der Waals surface area contributed by atoms with Crippen LogP contribution in [0.4, 0.5) is 16.0 Å². The van der Waals surface area contributed by atoms with E-state index in [0.717, 1.165) is 35.5 Å². The van der Waals surface area contributed by atoms with Gasteiger partial charge in [-0.3, -0.25) is 9.78 Å². The molecule has 1 saturated carbocycles. The standard InChI is InChI=1S/C23H24FN5O2/c1-31-16-4-5-17(18(24)12-16)21(30)14-7-10-29(11-8-14)23-22(26-15-2-3-15)27-19-6-9-25-13-20(19)28-23/h4-6,9,12-15H,2-3,7-8,10-11H2,1H3,(H,26,27). The van der Waals surface area contributed by atoms with Crippen LogP contribution in [-0.4, -0.2) is 47.0 Å². The van der Waals surface area contributed by atoms with Gasteiger partial charge in [0.05, 0.1) is 24.4 Å². The van der Waals surface area contributed by atoms with Crippen molar-refractivity contribution in [2.45, 2.75) is 31.7 Å². The maximum absolute atomic E-state index is 14.4. The lowest BCUT2D eigenvalue weighted by Gasteiger charge is -2.33. The molecule has 0 amide bonds. The van der Waals surface area contributed by atoms with E-state index in [1.165, 1.54) is 19.2 Å². The fraction of sp³-hybridized carbons (Fsp3) is 0.391. The minimum absolute atomic E-state index is 0.131. The summed E-state index contributed by atoms with van der Waals surface area (Å²) in [7, 11) is 1.48. The van der Waals surface area contributed by atoms with E-state index in [1.54, 1.807) is 18.5 Å². The Hall–Kier alpha value is -3.29. The Morgan fingerprint density at radius 2 is 1.94 bits per heavy atom. The molecule has 0 spiro atoms. The van der Waals surface area contributed by atoms with Crippen LogP contribution in [0.3, 0.4) is 0 Å². The first-order chi connectivity index (χ1) is 15.1. The number of anilines is 2. The molecular formula is C23H24FN5O2. The molecule has 0 unspecified atom stereocenters. The largest absolute Gasteiger partial charge is 0.497 e. The minimum Gasteiger partial charge on any atom is -0.497 e. The maximum Gasteiger partial charge on any atom is 0.172 e. The van der Waals surface area contributed by atoms with Crippen LogP contribution in [0.1, 0.15) is 36.0 Å². The number of nitrogens with zero attached hydrogens (tertiary/aromatic N) is 4. The van der Waals surface area contributed by atoms with Gasteiger partial charge in [0, 0.05) is 37.3 Å². The molecule has 0 atom stereocenters. The van der Waals surface area contributed by atoms with Crippen molar-refractivity contribution in [3.05, 3.63) is 48.0 Å². The van der Waals surface area contributed by atoms with Crippen LogP contribution < -0.4 is 15.0 Å². The van der Waals surface area contributed by atoms with Crippen molar-refractivity contribution in [2.75, 3.05) is 30.4 Å². The Bertz CT molecular complexity index is 1130. The molecule has 0 radical (unpaired) electrons. The molecule has 3 heterocycles. The highest BCUT2D eigenvalue weighted by atomic mass is 19.1. The number of aromatic nitrogens is 3. The molecule has 2 aliphatic rings. The summed E-state index contributed by atoms with van der Waals surface area (Å²) in [6.45, 7) is 1.32. The number of ketones is 1. The molecule has 8 heteroatoms. The van der Waals surface area contributed by atoms with E-state index in [0.29, 0.717) is 37.7 Å². The summed E-state index contributed by atoms with van der Waals surface area (Å²) < 4.78 is 19.4.